The van der Waals surface area contributed by atoms with Crippen LogP contribution in [-0.4, -0.2) is 45.0 Å². The van der Waals surface area contributed by atoms with Crippen LogP contribution in [0.15, 0.2) is 0 Å². The predicted molar refractivity (Wildman–Crippen MR) is 63.0 cm³/mol. The van der Waals surface area contributed by atoms with Gasteiger partial charge in [0, 0.05) is 12.6 Å². The molecule has 94 valence electrons. The van der Waals surface area contributed by atoms with E-state index >= 15 is 0 Å². The topological polar surface area (TPSA) is 75.3 Å². The van der Waals surface area contributed by atoms with Gasteiger partial charge in [0.15, 0.2) is 9.84 Å². The summed E-state index contributed by atoms with van der Waals surface area (Å²) in [6.07, 6.45) is 2.43. The number of carbonyl (C=O) groups is 1. The van der Waals surface area contributed by atoms with Crippen LogP contribution in [0.1, 0.15) is 26.2 Å². The van der Waals surface area contributed by atoms with Crippen molar-refractivity contribution in [1.82, 2.24) is 10.6 Å². The van der Waals surface area contributed by atoms with Crippen molar-refractivity contribution in [3.8, 4) is 0 Å². The number of sulfone groups is 1. The van der Waals surface area contributed by atoms with Gasteiger partial charge < -0.3 is 10.6 Å². The highest BCUT2D eigenvalue weighted by molar-refractivity contribution is 7.91. The molecular weight excluding hydrogens is 228 g/mol. The van der Waals surface area contributed by atoms with Crippen molar-refractivity contribution in [1.29, 1.82) is 0 Å². The van der Waals surface area contributed by atoms with Gasteiger partial charge in [-0.2, -0.15) is 0 Å². The van der Waals surface area contributed by atoms with Crippen LogP contribution in [0.25, 0.3) is 0 Å². The minimum Gasteiger partial charge on any atom is -0.355 e. The number of hydrogen-bond acceptors (Lipinski definition) is 4. The first-order chi connectivity index (χ1) is 7.53. The summed E-state index contributed by atoms with van der Waals surface area (Å²) in [5.41, 5.74) is 0. The quantitative estimate of drug-likeness (QED) is 0.699. The molecule has 0 radical (unpaired) electrons. The summed E-state index contributed by atoms with van der Waals surface area (Å²) in [7, 11) is -2.89. The Morgan fingerprint density at radius 1 is 1.44 bits per heavy atom. The SMILES string of the molecule is CCCNC(=O)CNC1CCCS(=O)(=O)C1. The summed E-state index contributed by atoms with van der Waals surface area (Å²) in [6, 6.07) is -0.0638. The van der Waals surface area contributed by atoms with E-state index in [9.17, 15) is 13.2 Å². The molecule has 0 aromatic carbocycles. The van der Waals surface area contributed by atoms with E-state index < -0.39 is 9.84 Å². The van der Waals surface area contributed by atoms with Gasteiger partial charge >= 0.3 is 0 Å². The lowest BCUT2D eigenvalue weighted by molar-refractivity contribution is -0.120. The van der Waals surface area contributed by atoms with Crippen molar-refractivity contribution >= 4 is 15.7 Å². The fourth-order valence-corrected chi connectivity index (χ4v) is 3.42. The van der Waals surface area contributed by atoms with E-state index in [2.05, 4.69) is 10.6 Å². The van der Waals surface area contributed by atoms with Gasteiger partial charge in [-0.1, -0.05) is 6.92 Å². The lowest BCUT2D eigenvalue weighted by Gasteiger charge is -2.22. The zero-order valence-electron chi connectivity index (χ0n) is 9.66. The van der Waals surface area contributed by atoms with Crippen LogP contribution in [0.2, 0.25) is 0 Å². The first-order valence-electron chi connectivity index (χ1n) is 5.74. The zero-order valence-corrected chi connectivity index (χ0v) is 10.5. The standard InChI is InChI=1S/C10H20N2O3S/c1-2-5-11-10(13)7-12-9-4-3-6-16(14,15)8-9/h9,12H,2-8H2,1H3,(H,11,13). The Hall–Kier alpha value is -0.620. The number of amides is 1. The molecule has 16 heavy (non-hydrogen) atoms. The molecule has 0 aromatic rings. The maximum absolute atomic E-state index is 11.3. The molecule has 1 heterocycles. The van der Waals surface area contributed by atoms with E-state index in [1.807, 2.05) is 6.92 Å². The van der Waals surface area contributed by atoms with E-state index in [1.165, 1.54) is 0 Å². The fraction of sp³-hybridized carbons (Fsp3) is 0.900. The van der Waals surface area contributed by atoms with Crippen molar-refractivity contribution in [3.63, 3.8) is 0 Å². The second kappa shape index (κ2) is 6.20. The average molecular weight is 248 g/mol. The molecule has 1 aliphatic rings. The Morgan fingerprint density at radius 3 is 2.81 bits per heavy atom. The molecule has 6 heteroatoms. The molecule has 0 aliphatic carbocycles. The lowest BCUT2D eigenvalue weighted by atomic mass is 10.2. The second-order valence-corrected chi connectivity index (χ2v) is 6.41. The van der Waals surface area contributed by atoms with Crippen molar-refractivity contribution in [2.45, 2.75) is 32.2 Å². The summed E-state index contributed by atoms with van der Waals surface area (Å²) in [6.45, 7) is 2.87. The van der Waals surface area contributed by atoms with Gasteiger partial charge in [0.25, 0.3) is 0 Å². The highest BCUT2D eigenvalue weighted by atomic mass is 32.2. The van der Waals surface area contributed by atoms with Crippen molar-refractivity contribution in [2.75, 3.05) is 24.6 Å². The summed E-state index contributed by atoms with van der Waals surface area (Å²) in [5.74, 6) is 0.381. The zero-order chi connectivity index (χ0) is 12.0. The largest absolute Gasteiger partial charge is 0.355 e. The number of rotatable bonds is 5. The van der Waals surface area contributed by atoms with E-state index in [1.54, 1.807) is 0 Å². The molecule has 0 saturated carbocycles. The van der Waals surface area contributed by atoms with E-state index in [0.29, 0.717) is 13.0 Å². The van der Waals surface area contributed by atoms with Crippen molar-refractivity contribution < 1.29 is 13.2 Å². The Morgan fingerprint density at radius 2 is 2.19 bits per heavy atom. The van der Waals surface area contributed by atoms with Crippen LogP contribution in [-0.2, 0) is 14.6 Å². The third-order valence-corrected chi connectivity index (χ3v) is 4.41. The molecule has 1 atom stereocenters. The van der Waals surface area contributed by atoms with Gasteiger partial charge in [-0.3, -0.25) is 4.79 Å². The Labute approximate surface area is 96.9 Å². The molecule has 1 amide bonds. The molecule has 0 aromatic heterocycles. The van der Waals surface area contributed by atoms with Crippen LogP contribution < -0.4 is 10.6 Å². The normalized spacial score (nSPS) is 23.9. The Kier molecular flexibility index (Phi) is 5.21. The van der Waals surface area contributed by atoms with Gasteiger partial charge in [-0.15, -0.1) is 0 Å². The highest BCUT2D eigenvalue weighted by Crippen LogP contribution is 2.11. The van der Waals surface area contributed by atoms with Gasteiger partial charge in [0.05, 0.1) is 18.1 Å². The van der Waals surface area contributed by atoms with Gasteiger partial charge in [-0.25, -0.2) is 8.42 Å². The van der Waals surface area contributed by atoms with Crippen molar-refractivity contribution in [3.05, 3.63) is 0 Å². The van der Waals surface area contributed by atoms with Crippen molar-refractivity contribution in [2.24, 2.45) is 0 Å². The Bertz CT molecular complexity index is 327. The summed E-state index contributed by atoms with van der Waals surface area (Å²) in [5, 5.41) is 5.74. The fourth-order valence-electron chi connectivity index (χ4n) is 1.75. The number of carbonyl (C=O) groups excluding carboxylic acids is 1. The first kappa shape index (κ1) is 13.4. The lowest BCUT2D eigenvalue weighted by Crippen LogP contribution is -2.44. The summed E-state index contributed by atoms with van der Waals surface area (Å²) in [4.78, 5) is 11.3. The molecule has 0 spiro atoms. The highest BCUT2D eigenvalue weighted by Gasteiger charge is 2.24. The van der Waals surface area contributed by atoms with Crippen LogP contribution in [0.4, 0.5) is 0 Å². The molecule has 1 aliphatic heterocycles. The first-order valence-corrected chi connectivity index (χ1v) is 7.56. The summed E-state index contributed by atoms with van der Waals surface area (Å²) >= 11 is 0. The van der Waals surface area contributed by atoms with Crippen LogP contribution >= 0.6 is 0 Å². The van der Waals surface area contributed by atoms with Crippen LogP contribution in [0, 0.1) is 0 Å². The maximum atomic E-state index is 11.3. The van der Waals surface area contributed by atoms with E-state index in [4.69, 9.17) is 0 Å². The minimum atomic E-state index is -2.89. The Balaban J connectivity index is 2.25. The molecule has 1 saturated heterocycles. The smallest absolute Gasteiger partial charge is 0.233 e. The third kappa shape index (κ3) is 4.94. The molecule has 1 unspecified atom stereocenters. The second-order valence-electron chi connectivity index (χ2n) is 4.18. The van der Waals surface area contributed by atoms with Crippen LogP contribution in [0.3, 0.4) is 0 Å². The van der Waals surface area contributed by atoms with Crippen LogP contribution in [0.5, 0.6) is 0 Å². The van der Waals surface area contributed by atoms with Gasteiger partial charge in [0.2, 0.25) is 5.91 Å². The molecule has 5 nitrogen and oxygen atoms in total. The average Bonchev–Trinajstić information content (AvgIpc) is 2.22. The summed E-state index contributed by atoms with van der Waals surface area (Å²) < 4.78 is 22.7. The van der Waals surface area contributed by atoms with E-state index in [0.717, 1.165) is 12.8 Å². The molecule has 0 bridgehead atoms. The van der Waals surface area contributed by atoms with Gasteiger partial charge in [-0.05, 0) is 19.3 Å². The number of hydrogen-bond donors (Lipinski definition) is 2. The monoisotopic (exact) mass is 248 g/mol. The maximum Gasteiger partial charge on any atom is 0.233 e. The minimum absolute atomic E-state index is 0.0638. The number of nitrogens with one attached hydrogen (secondary N) is 2. The predicted octanol–water partition coefficient (Wildman–Crippen LogP) is -0.321. The molecule has 1 rings (SSSR count). The van der Waals surface area contributed by atoms with E-state index in [-0.39, 0.29) is 30.0 Å². The molecular formula is C10H20N2O3S. The molecule has 2 N–H and O–H groups in total. The third-order valence-electron chi connectivity index (χ3n) is 2.59. The van der Waals surface area contributed by atoms with Gasteiger partial charge in [0.1, 0.15) is 0 Å². The molecule has 1 fully saturated rings.